The fourth-order valence-electron chi connectivity index (χ4n) is 1.42. The molecule has 0 aromatic carbocycles. The number of hydrogen-bond acceptors (Lipinski definition) is 5. The number of allylic oxidation sites excluding steroid dienone is 4. The molecule has 2 N–H and O–H groups in total. The van der Waals surface area contributed by atoms with E-state index in [1.165, 1.54) is 26.0 Å². The van der Waals surface area contributed by atoms with Gasteiger partial charge in [-0.2, -0.15) is 0 Å². The van der Waals surface area contributed by atoms with Crippen molar-refractivity contribution >= 4 is 11.6 Å². The van der Waals surface area contributed by atoms with E-state index < -0.39 is 0 Å². The number of hydrogen-bond donors (Lipinski definition) is 2. The summed E-state index contributed by atoms with van der Waals surface area (Å²) in [5.41, 5.74) is 0. The Morgan fingerprint density at radius 1 is 0.818 bits per heavy atom. The van der Waals surface area contributed by atoms with Gasteiger partial charge in [-0.25, -0.2) is 0 Å². The summed E-state index contributed by atoms with van der Waals surface area (Å²) in [6.07, 6.45) is 3.69. The van der Waals surface area contributed by atoms with Crippen molar-refractivity contribution in [2.45, 2.75) is 54.4 Å². The van der Waals surface area contributed by atoms with Crippen LogP contribution in [-0.4, -0.2) is 21.8 Å². The second-order valence-corrected chi connectivity index (χ2v) is 5.69. The maximum absolute atomic E-state index is 10.4. The van der Waals surface area contributed by atoms with Crippen LogP contribution in [0.3, 0.4) is 0 Å². The SMILES string of the molecule is CC(=O)/C=C(\O)CC(C)C.CC(=O)/C=C(\O)CC(C)C.[O]=[V]. The van der Waals surface area contributed by atoms with Crippen LogP contribution < -0.4 is 0 Å². The third-order valence-corrected chi connectivity index (χ3v) is 1.97. The Balaban J connectivity index is -0.000000294. The predicted octanol–water partition coefficient (Wildman–Crippen LogP) is 4.01. The molecule has 0 aliphatic carbocycles. The molecule has 0 atom stereocenters. The van der Waals surface area contributed by atoms with Gasteiger partial charge in [0.05, 0.1) is 11.5 Å². The second kappa shape index (κ2) is 16.2. The Kier molecular flexibility index (Phi) is 18.9. The molecule has 6 heteroatoms. The van der Waals surface area contributed by atoms with Gasteiger partial charge < -0.3 is 10.2 Å². The zero-order valence-corrected chi connectivity index (χ0v) is 15.7. The molecule has 0 bridgehead atoms. The van der Waals surface area contributed by atoms with Gasteiger partial charge >= 0.3 is 21.0 Å². The van der Waals surface area contributed by atoms with Crippen molar-refractivity contribution in [2.75, 3.05) is 0 Å². The second-order valence-electron chi connectivity index (χ2n) is 5.69. The molecule has 0 aromatic heterocycles. The van der Waals surface area contributed by atoms with Crippen molar-refractivity contribution in [3.05, 3.63) is 23.7 Å². The van der Waals surface area contributed by atoms with Crippen molar-refractivity contribution < 1.29 is 40.8 Å². The van der Waals surface area contributed by atoms with Crippen LogP contribution in [0.4, 0.5) is 0 Å². The van der Waals surface area contributed by atoms with Crippen LogP contribution in [0.5, 0.6) is 0 Å². The molecule has 0 amide bonds. The van der Waals surface area contributed by atoms with E-state index in [1.807, 2.05) is 27.7 Å². The first kappa shape index (κ1) is 25.7. The maximum atomic E-state index is 10.4. The molecular formula is C16H28O5V. The summed E-state index contributed by atoms with van der Waals surface area (Å²) in [5.74, 6) is 0.965. The van der Waals surface area contributed by atoms with E-state index in [1.54, 1.807) is 0 Å². The van der Waals surface area contributed by atoms with Crippen LogP contribution in [0, 0.1) is 11.8 Å². The summed E-state index contributed by atoms with van der Waals surface area (Å²) >= 11 is 1.06. The number of rotatable bonds is 6. The zero-order valence-electron chi connectivity index (χ0n) is 14.3. The summed E-state index contributed by atoms with van der Waals surface area (Å²) in [6.45, 7) is 10.8. The van der Waals surface area contributed by atoms with E-state index in [-0.39, 0.29) is 23.1 Å². The summed E-state index contributed by atoms with van der Waals surface area (Å²) < 4.78 is 8.19. The molecule has 0 aliphatic rings. The number of aliphatic hydroxyl groups excluding tert-OH is 2. The number of carbonyl (C=O) groups excluding carboxylic acids is 2. The fourth-order valence-corrected chi connectivity index (χ4v) is 1.42. The first-order valence-corrected chi connectivity index (χ1v) is 7.60. The monoisotopic (exact) mass is 351 g/mol. The van der Waals surface area contributed by atoms with E-state index >= 15 is 0 Å². The molecule has 0 saturated carbocycles. The summed E-state index contributed by atoms with van der Waals surface area (Å²) in [4.78, 5) is 20.8. The average Bonchev–Trinajstić information content (AvgIpc) is 2.27. The predicted molar refractivity (Wildman–Crippen MR) is 82.4 cm³/mol. The number of ketones is 2. The Hall–Kier alpha value is -1.20. The molecule has 0 aromatic rings. The van der Waals surface area contributed by atoms with Crippen LogP contribution in [-0.2, 0) is 30.6 Å². The standard InChI is InChI=1S/2C8H14O2.O.V/c2*1-6(2)4-8(10)5-7(3)9;;/h2*5-6,10H,4H2,1-3H3;;/b2*8-5-;;. The fraction of sp³-hybridized carbons (Fsp3) is 0.625. The van der Waals surface area contributed by atoms with E-state index in [9.17, 15) is 9.59 Å². The van der Waals surface area contributed by atoms with Gasteiger partial charge in [-0.05, 0) is 25.7 Å². The molecule has 5 nitrogen and oxygen atoms in total. The number of carbonyl (C=O) groups is 2. The Morgan fingerprint density at radius 3 is 1.18 bits per heavy atom. The van der Waals surface area contributed by atoms with Crippen LogP contribution in [0.25, 0.3) is 0 Å². The minimum absolute atomic E-state index is 0.0989. The van der Waals surface area contributed by atoms with Gasteiger partial charge in [0.25, 0.3) is 0 Å². The van der Waals surface area contributed by atoms with Crippen LogP contribution in [0.1, 0.15) is 54.4 Å². The Morgan fingerprint density at radius 2 is 1.05 bits per heavy atom. The Bertz CT molecular complexity index is 348. The number of aliphatic hydroxyl groups is 2. The van der Waals surface area contributed by atoms with Gasteiger partial charge in [0.1, 0.15) is 0 Å². The molecule has 0 saturated heterocycles. The van der Waals surface area contributed by atoms with E-state index in [0.29, 0.717) is 24.7 Å². The molecule has 0 rings (SSSR count). The van der Waals surface area contributed by atoms with Crippen molar-refractivity contribution in [3.63, 3.8) is 0 Å². The van der Waals surface area contributed by atoms with E-state index in [0.717, 1.165) is 17.4 Å². The zero-order chi connectivity index (χ0) is 18.3. The Labute approximate surface area is 142 Å². The molecule has 0 unspecified atom stereocenters. The average molecular weight is 351 g/mol. The molecule has 0 heterocycles. The van der Waals surface area contributed by atoms with Gasteiger partial charge in [0, 0.05) is 25.0 Å². The molecular weight excluding hydrogens is 323 g/mol. The molecule has 127 valence electrons. The van der Waals surface area contributed by atoms with Crippen molar-refractivity contribution in [1.29, 1.82) is 0 Å². The first-order chi connectivity index (χ1) is 10.0. The van der Waals surface area contributed by atoms with E-state index in [4.69, 9.17) is 13.9 Å². The molecule has 0 radical (unpaired) electrons. The van der Waals surface area contributed by atoms with Gasteiger partial charge in [-0.1, -0.05) is 27.7 Å². The quantitative estimate of drug-likeness (QED) is 0.557. The van der Waals surface area contributed by atoms with E-state index in [2.05, 4.69) is 0 Å². The molecule has 22 heavy (non-hydrogen) atoms. The summed E-state index contributed by atoms with van der Waals surface area (Å²) in [7, 11) is 0. The third-order valence-electron chi connectivity index (χ3n) is 1.97. The van der Waals surface area contributed by atoms with Gasteiger partial charge in [0.2, 0.25) is 0 Å². The summed E-state index contributed by atoms with van der Waals surface area (Å²) in [5, 5.41) is 18.1. The molecule has 0 fully saturated rings. The first-order valence-electron chi connectivity index (χ1n) is 7.03. The minimum atomic E-state index is -0.0989. The third kappa shape index (κ3) is 27.2. The van der Waals surface area contributed by atoms with Crippen molar-refractivity contribution in [1.82, 2.24) is 0 Å². The van der Waals surface area contributed by atoms with Crippen LogP contribution in [0.2, 0.25) is 0 Å². The topological polar surface area (TPSA) is 91.7 Å². The van der Waals surface area contributed by atoms with Crippen LogP contribution in [0.15, 0.2) is 23.7 Å². The summed E-state index contributed by atoms with van der Waals surface area (Å²) in [6, 6.07) is 0. The normalized spacial score (nSPS) is 11.2. The van der Waals surface area contributed by atoms with Gasteiger partial charge in [-0.3, -0.25) is 9.59 Å². The van der Waals surface area contributed by atoms with Crippen molar-refractivity contribution in [2.24, 2.45) is 11.8 Å². The van der Waals surface area contributed by atoms with Crippen LogP contribution >= 0.6 is 0 Å². The molecule has 0 aliphatic heterocycles. The van der Waals surface area contributed by atoms with Gasteiger partial charge in [-0.15, -0.1) is 0 Å². The van der Waals surface area contributed by atoms with Crippen molar-refractivity contribution in [3.8, 4) is 0 Å². The molecule has 0 spiro atoms. The van der Waals surface area contributed by atoms with Gasteiger partial charge in [0.15, 0.2) is 11.6 Å².